The smallest absolute Gasteiger partial charge is 0.266 e. The molecule has 0 aromatic carbocycles. The Bertz CT molecular complexity index is 1100. The Hall–Kier alpha value is -1.75. The molecule has 0 aliphatic carbocycles. The quantitative estimate of drug-likeness (QED) is 0.656. The topological polar surface area (TPSA) is 84.7 Å². The molecule has 176 valence electrons. The SMILES string of the molecule is CC[C@@H]1CCCCN1S(=O)(=O)c1cc(-c2nc(C)c(C(=O)N3CCOCC3)s2)n(C)c1C. The highest BCUT2D eigenvalue weighted by molar-refractivity contribution is 7.89. The minimum atomic E-state index is -3.60. The number of thiazole rings is 1. The van der Waals surface area contributed by atoms with Crippen LogP contribution in [-0.2, 0) is 21.8 Å². The summed E-state index contributed by atoms with van der Waals surface area (Å²) in [5, 5.41) is 0.664. The van der Waals surface area contributed by atoms with Crippen LogP contribution in [0.3, 0.4) is 0 Å². The molecule has 10 heteroatoms. The van der Waals surface area contributed by atoms with Crippen LogP contribution in [0.4, 0.5) is 0 Å². The maximum atomic E-state index is 13.6. The molecule has 2 fully saturated rings. The summed E-state index contributed by atoms with van der Waals surface area (Å²) >= 11 is 1.33. The zero-order valence-corrected chi connectivity index (χ0v) is 20.9. The van der Waals surface area contributed by atoms with Gasteiger partial charge < -0.3 is 14.2 Å². The summed E-state index contributed by atoms with van der Waals surface area (Å²) in [5.41, 5.74) is 2.08. The minimum absolute atomic E-state index is 0.0348. The number of amides is 1. The molecule has 2 saturated heterocycles. The van der Waals surface area contributed by atoms with Crippen LogP contribution in [0.15, 0.2) is 11.0 Å². The van der Waals surface area contributed by atoms with Crippen molar-refractivity contribution in [3.8, 4) is 10.7 Å². The molecule has 0 unspecified atom stereocenters. The molecule has 2 aromatic heterocycles. The summed E-state index contributed by atoms with van der Waals surface area (Å²) in [4.78, 5) is 20.4. The number of piperidine rings is 1. The highest BCUT2D eigenvalue weighted by Gasteiger charge is 2.35. The molecule has 1 amide bonds. The van der Waals surface area contributed by atoms with Gasteiger partial charge in [-0.05, 0) is 39.2 Å². The van der Waals surface area contributed by atoms with Crippen LogP contribution in [0, 0.1) is 13.8 Å². The predicted octanol–water partition coefficient (Wildman–Crippen LogP) is 3.19. The van der Waals surface area contributed by atoms with Gasteiger partial charge in [-0.2, -0.15) is 4.31 Å². The average molecular weight is 481 g/mol. The van der Waals surface area contributed by atoms with Crippen molar-refractivity contribution < 1.29 is 17.9 Å². The van der Waals surface area contributed by atoms with Gasteiger partial charge in [0.2, 0.25) is 10.0 Å². The Morgan fingerprint density at radius 1 is 1.22 bits per heavy atom. The van der Waals surface area contributed by atoms with Gasteiger partial charge in [0.05, 0.1) is 24.6 Å². The van der Waals surface area contributed by atoms with Crippen molar-refractivity contribution in [3.05, 3.63) is 22.3 Å². The summed E-state index contributed by atoms with van der Waals surface area (Å²) < 4.78 is 36.1. The fourth-order valence-corrected chi connectivity index (χ4v) is 7.70. The maximum Gasteiger partial charge on any atom is 0.266 e. The highest BCUT2D eigenvalue weighted by Crippen LogP contribution is 2.35. The number of aryl methyl sites for hydroxylation is 1. The lowest BCUT2D eigenvalue weighted by Gasteiger charge is -2.34. The van der Waals surface area contributed by atoms with Crippen LogP contribution in [-0.4, -0.2) is 72.0 Å². The number of carbonyl (C=O) groups is 1. The van der Waals surface area contributed by atoms with E-state index in [4.69, 9.17) is 4.74 Å². The molecule has 1 atom stereocenters. The highest BCUT2D eigenvalue weighted by atomic mass is 32.2. The van der Waals surface area contributed by atoms with Gasteiger partial charge in [-0.1, -0.05) is 13.3 Å². The lowest BCUT2D eigenvalue weighted by atomic mass is 10.0. The first-order chi connectivity index (χ1) is 15.3. The van der Waals surface area contributed by atoms with Gasteiger partial charge in [0, 0.05) is 38.4 Å². The van der Waals surface area contributed by atoms with E-state index >= 15 is 0 Å². The van der Waals surface area contributed by atoms with Crippen molar-refractivity contribution in [1.29, 1.82) is 0 Å². The third-order valence-electron chi connectivity index (χ3n) is 6.63. The van der Waals surface area contributed by atoms with Crippen LogP contribution in [0.25, 0.3) is 10.7 Å². The normalized spacial score (nSPS) is 20.6. The Labute approximate surface area is 194 Å². The number of nitrogens with zero attached hydrogens (tertiary/aromatic N) is 4. The Morgan fingerprint density at radius 2 is 1.94 bits per heavy atom. The summed E-state index contributed by atoms with van der Waals surface area (Å²) in [6.07, 6.45) is 3.69. The number of hydrogen-bond acceptors (Lipinski definition) is 6. The second-order valence-corrected chi connectivity index (χ2v) is 11.4. The van der Waals surface area contributed by atoms with Gasteiger partial charge in [-0.3, -0.25) is 4.79 Å². The van der Waals surface area contributed by atoms with Crippen LogP contribution < -0.4 is 0 Å². The van der Waals surface area contributed by atoms with Gasteiger partial charge in [-0.15, -0.1) is 11.3 Å². The van der Waals surface area contributed by atoms with Crippen molar-refractivity contribution in [2.24, 2.45) is 7.05 Å². The van der Waals surface area contributed by atoms with Crippen molar-refractivity contribution in [2.75, 3.05) is 32.8 Å². The second-order valence-electron chi connectivity index (χ2n) is 8.55. The summed E-state index contributed by atoms with van der Waals surface area (Å²) in [7, 11) is -1.74. The number of hydrogen-bond donors (Lipinski definition) is 0. The molecule has 0 saturated carbocycles. The molecule has 8 nitrogen and oxygen atoms in total. The van der Waals surface area contributed by atoms with Crippen LogP contribution in [0.5, 0.6) is 0 Å². The first-order valence-electron chi connectivity index (χ1n) is 11.3. The van der Waals surface area contributed by atoms with Crippen LogP contribution in [0.1, 0.15) is 53.7 Å². The first kappa shape index (κ1) is 23.4. The van der Waals surface area contributed by atoms with Gasteiger partial charge in [0.25, 0.3) is 5.91 Å². The predicted molar refractivity (Wildman–Crippen MR) is 125 cm³/mol. The van der Waals surface area contributed by atoms with E-state index in [1.54, 1.807) is 15.3 Å². The number of carbonyl (C=O) groups excluding carboxylic acids is 1. The number of ether oxygens (including phenoxy) is 1. The van der Waals surface area contributed by atoms with Crippen LogP contribution in [0.2, 0.25) is 0 Å². The third-order valence-corrected chi connectivity index (χ3v) is 9.86. The molecular weight excluding hydrogens is 448 g/mol. The zero-order valence-electron chi connectivity index (χ0n) is 19.3. The number of rotatable bonds is 5. The van der Waals surface area contributed by atoms with Crippen molar-refractivity contribution in [1.82, 2.24) is 18.8 Å². The molecule has 4 heterocycles. The fraction of sp³-hybridized carbons (Fsp3) is 0.636. The fourth-order valence-electron chi connectivity index (χ4n) is 4.58. The molecule has 0 spiro atoms. The summed E-state index contributed by atoms with van der Waals surface area (Å²) in [6.45, 7) is 8.53. The molecule has 2 aliphatic heterocycles. The van der Waals surface area contributed by atoms with E-state index in [2.05, 4.69) is 4.98 Å². The molecule has 32 heavy (non-hydrogen) atoms. The summed E-state index contributed by atoms with van der Waals surface area (Å²) in [5.74, 6) is -0.0348. The zero-order chi connectivity index (χ0) is 23.0. The largest absolute Gasteiger partial charge is 0.378 e. The number of sulfonamides is 1. The second kappa shape index (κ2) is 9.24. The first-order valence-corrected chi connectivity index (χ1v) is 13.5. The lowest BCUT2D eigenvalue weighted by molar-refractivity contribution is 0.0305. The average Bonchev–Trinajstić information content (AvgIpc) is 3.33. The van der Waals surface area contributed by atoms with Gasteiger partial charge in [0.1, 0.15) is 14.8 Å². The molecule has 0 radical (unpaired) electrons. The summed E-state index contributed by atoms with van der Waals surface area (Å²) in [6, 6.07) is 1.78. The van der Waals surface area contributed by atoms with Gasteiger partial charge in [-0.25, -0.2) is 13.4 Å². The van der Waals surface area contributed by atoms with E-state index in [-0.39, 0.29) is 11.9 Å². The van der Waals surface area contributed by atoms with Gasteiger partial charge >= 0.3 is 0 Å². The Kier molecular flexibility index (Phi) is 6.76. The molecule has 0 N–H and O–H groups in total. The van der Waals surface area contributed by atoms with Crippen molar-refractivity contribution in [3.63, 3.8) is 0 Å². The number of morpholine rings is 1. The molecule has 0 bridgehead atoms. The van der Waals surface area contributed by atoms with E-state index < -0.39 is 10.0 Å². The maximum absolute atomic E-state index is 13.6. The number of aromatic nitrogens is 2. The van der Waals surface area contributed by atoms with E-state index in [9.17, 15) is 13.2 Å². The van der Waals surface area contributed by atoms with Crippen LogP contribution >= 0.6 is 11.3 Å². The lowest BCUT2D eigenvalue weighted by Crippen LogP contribution is -2.43. The van der Waals surface area contributed by atoms with E-state index in [0.29, 0.717) is 59.0 Å². The minimum Gasteiger partial charge on any atom is -0.378 e. The molecular formula is C22H32N4O4S2. The van der Waals surface area contributed by atoms with Gasteiger partial charge in [0.15, 0.2) is 0 Å². The molecule has 2 aliphatic rings. The third kappa shape index (κ3) is 4.13. The van der Waals surface area contributed by atoms with E-state index in [0.717, 1.165) is 31.4 Å². The van der Waals surface area contributed by atoms with Crippen molar-refractivity contribution in [2.45, 2.75) is 57.4 Å². The van der Waals surface area contributed by atoms with E-state index in [1.807, 2.05) is 32.4 Å². The van der Waals surface area contributed by atoms with Crippen molar-refractivity contribution >= 4 is 27.3 Å². The Morgan fingerprint density at radius 3 is 2.62 bits per heavy atom. The van der Waals surface area contributed by atoms with E-state index in [1.165, 1.54) is 11.3 Å². The molecule has 2 aromatic rings. The monoisotopic (exact) mass is 480 g/mol. The standard InChI is InChI=1S/C22H32N4O4S2/c1-5-17-8-6-7-9-26(17)32(28,29)19-14-18(24(4)16(19)3)21-23-15(2)20(31-21)22(27)25-10-12-30-13-11-25/h14,17H,5-13H2,1-4H3/t17-/m1/s1. The Balaban J connectivity index is 1.68. The molecule has 4 rings (SSSR count).